The van der Waals surface area contributed by atoms with Gasteiger partial charge in [0.05, 0.1) is 18.8 Å². The molecule has 3 heterocycles. The fourth-order valence-corrected chi connectivity index (χ4v) is 12.7. The lowest BCUT2D eigenvalue weighted by Gasteiger charge is -2.58. The SMILES string of the molecule is CC(=O)OC[C@H]1O[C@@H](O[C@H]2CC[C@@]3(C)C(=CC[C@H]4[C@@H]5C[C@@H]6O[C@]7(CC[C@@H](C)CO7)[C@@H](C)[C@@H]6[C@@]5(C)CC[C@@H]43)C2)[C@H](NC(=O)NC2CC2)[C@@H](OC(C)=O)[C@@H]1OC(C)=O. The normalized spacial score (nSPS) is 46.6. The average Bonchev–Trinajstić information content (AvgIpc) is 3.83. The van der Waals surface area contributed by atoms with Gasteiger partial charge in [0.1, 0.15) is 18.8 Å². The van der Waals surface area contributed by atoms with E-state index in [9.17, 15) is 19.2 Å². The zero-order valence-corrected chi connectivity index (χ0v) is 34.3. The molecule has 8 aliphatic rings. The Morgan fingerprint density at radius 3 is 2.30 bits per heavy atom. The van der Waals surface area contributed by atoms with Gasteiger partial charge in [0, 0.05) is 39.2 Å². The highest BCUT2D eigenvalue weighted by Crippen LogP contribution is 2.70. The van der Waals surface area contributed by atoms with Crippen molar-refractivity contribution in [2.75, 3.05) is 13.2 Å². The second kappa shape index (κ2) is 15.1. The van der Waals surface area contributed by atoms with Gasteiger partial charge in [0.15, 0.2) is 24.3 Å². The van der Waals surface area contributed by atoms with Crippen LogP contribution >= 0.6 is 0 Å². The summed E-state index contributed by atoms with van der Waals surface area (Å²) in [6.07, 6.45) is 9.04. The number of carbonyl (C=O) groups excluding carboxylic acids is 4. The number of carbonyl (C=O) groups is 4. The van der Waals surface area contributed by atoms with Crippen LogP contribution in [0.2, 0.25) is 0 Å². The highest BCUT2D eigenvalue weighted by Gasteiger charge is 2.69. The number of esters is 3. The van der Waals surface area contributed by atoms with Crippen molar-refractivity contribution in [2.45, 2.75) is 174 Å². The van der Waals surface area contributed by atoms with Crippen LogP contribution in [0.15, 0.2) is 11.6 Å². The summed E-state index contributed by atoms with van der Waals surface area (Å²) in [5.41, 5.74) is 1.70. The van der Waals surface area contributed by atoms with E-state index >= 15 is 0 Å². The van der Waals surface area contributed by atoms with Gasteiger partial charge >= 0.3 is 23.9 Å². The van der Waals surface area contributed by atoms with E-state index in [1.165, 1.54) is 45.6 Å². The van der Waals surface area contributed by atoms with Crippen LogP contribution in [0.25, 0.3) is 0 Å². The predicted molar refractivity (Wildman–Crippen MR) is 201 cm³/mol. The Hall–Kier alpha value is -2.74. The maximum Gasteiger partial charge on any atom is 0.315 e. The summed E-state index contributed by atoms with van der Waals surface area (Å²) < 4.78 is 43.5. The molecular weight excluding hydrogens is 720 g/mol. The Morgan fingerprint density at radius 2 is 1.62 bits per heavy atom. The number of amides is 2. The molecule has 4 saturated carbocycles. The highest BCUT2D eigenvalue weighted by atomic mass is 16.7. The van der Waals surface area contributed by atoms with Crippen molar-refractivity contribution in [1.29, 1.82) is 0 Å². The van der Waals surface area contributed by atoms with Crippen molar-refractivity contribution in [3.05, 3.63) is 11.6 Å². The monoisotopic (exact) mass is 784 g/mol. The topological polar surface area (TPSA) is 157 Å². The fraction of sp³-hybridized carbons (Fsp3) is 0.860. The summed E-state index contributed by atoms with van der Waals surface area (Å²) >= 11 is 0. The molecule has 312 valence electrons. The van der Waals surface area contributed by atoms with E-state index in [1.54, 1.807) is 0 Å². The van der Waals surface area contributed by atoms with Crippen molar-refractivity contribution < 1.29 is 52.3 Å². The van der Waals surface area contributed by atoms with E-state index < -0.39 is 60.4 Å². The zero-order valence-electron chi connectivity index (χ0n) is 34.3. The van der Waals surface area contributed by atoms with Crippen LogP contribution in [0, 0.1) is 46.3 Å². The number of hydrogen-bond donors (Lipinski definition) is 2. The minimum absolute atomic E-state index is 0.0475. The minimum Gasteiger partial charge on any atom is -0.463 e. The minimum atomic E-state index is -1.17. The standard InChI is InChI=1S/C43H64N2O11/c1-22-12-17-43(51-20-22)23(2)35-33(56-43)19-32-30-11-8-27-18-29(13-15-41(27,6)31(30)14-16-42(32,35)7)54-39-36(45-40(49)44-28-9-10-28)38(53-26(5)48)37(52-25(4)47)34(55-39)21-50-24(3)46/h8,22-23,28-39H,9-21H2,1-7H3,(H2,44,45,49)/t22-,23+,29+,30-,31+,32+,33+,34-,35+,36-,37-,38-,39-,41+,42+,43-/m1/s1. The molecule has 0 aromatic heterocycles. The highest BCUT2D eigenvalue weighted by molar-refractivity contribution is 5.75. The van der Waals surface area contributed by atoms with Crippen molar-refractivity contribution in [3.8, 4) is 0 Å². The number of urea groups is 1. The predicted octanol–water partition coefficient (Wildman–Crippen LogP) is 5.72. The lowest BCUT2D eigenvalue weighted by Crippen LogP contribution is -2.68. The Labute approximate surface area is 331 Å². The molecule has 13 heteroatoms. The quantitative estimate of drug-likeness (QED) is 0.176. The number of ether oxygens (including phenoxy) is 7. The maximum absolute atomic E-state index is 13.2. The van der Waals surface area contributed by atoms with Crippen molar-refractivity contribution in [3.63, 3.8) is 0 Å². The number of fused-ring (bicyclic) bond motifs is 7. The first kappa shape index (κ1) is 40.1. The number of hydrogen-bond acceptors (Lipinski definition) is 11. The first-order valence-electron chi connectivity index (χ1n) is 21.5. The Morgan fingerprint density at radius 1 is 0.875 bits per heavy atom. The molecule has 56 heavy (non-hydrogen) atoms. The fourth-order valence-electron chi connectivity index (χ4n) is 12.7. The molecule has 3 saturated heterocycles. The third-order valence-corrected chi connectivity index (χ3v) is 15.6. The van der Waals surface area contributed by atoms with E-state index in [0.717, 1.165) is 51.6 Å². The molecule has 2 amide bonds. The second-order valence-corrected chi connectivity index (χ2v) is 19.2. The molecule has 5 aliphatic carbocycles. The van der Waals surface area contributed by atoms with Crippen LogP contribution in [0.3, 0.4) is 0 Å². The molecule has 8 rings (SSSR count). The molecule has 0 bridgehead atoms. The lowest BCUT2D eigenvalue weighted by molar-refractivity contribution is -0.289. The molecule has 0 unspecified atom stereocenters. The van der Waals surface area contributed by atoms with Crippen molar-refractivity contribution in [1.82, 2.24) is 10.6 Å². The summed E-state index contributed by atoms with van der Waals surface area (Å²) in [5.74, 6) is 1.08. The van der Waals surface area contributed by atoms with Gasteiger partial charge < -0.3 is 43.8 Å². The lowest BCUT2D eigenvalue weighted by atomic mass is 9.47. The molecule has 1 spiro atoms. The summed E-state index contributed by atoms with van der Waals surface area (Å²) in [6.45, 7) is 14.0. The zero-order chi connectivity index (χ0) is 39.7. The van der Waals surface area contributed by atoms with Gasteiger partial charge in [-0.25, -0.2) is 4.79 Å². The molecule has 2 N–H and O–H groups in total. The molecule has 0 aromatic rings. The van der Waals surface area contributed by atoms with E-state index in [1.807, 2.05) is 0 Å². The largest absolute Gasteiger partial charge is 0.463 e. The van der Waals surface area contributed by atoms with Gasteiger partial charge in [-0.3, -0.25) is 14.4 Å². The van der Waals surface area contributed by atoms with Gasteiger partial charge in [-0.2, -0.15) is 0 Å². The third kappa shape index (κ3) is 7.29. The van der Waals surface area contributed by atoms with Gasteiger partial charge in [0.2, 0.25) is 0 Å². The Kier molecular flexibility index (Phi) is 10.8. The second-order valence-electron chi connectivity index (χ2n) is 19.2. The van der Waals surface area contributed by atoms with Crippen LogP contribution in [0.1, 0.15) is 119 Å². The molecule has 16 atom stereocenters. The molecule has 0 aromatic carbocycles. The molecular formula is C43H64N2O11. The Balaban J connectivity index is 1.000. The van der Waals surface area contributed by atoms with Gasteiger partial charge in [-0.05, 0) is 105 Å². The van der Waals surface area contributed by atoms with Gasteiger partial charge in [-0.15, -0.1) is 0 Å². The first-order valence-corrected chi connectivity index (χ1v) is 21.5. The summed E-state index contributed by atoms with van der Waals surface area (Å²) in [5, 5.41) is 5.85. The molecule has 0 radical (unpaired) electrons. The molecule has 3 aliphatic heterocycles. The maximum atomic E-state index is 13.2. The number of rotatable bonds is 8. The Bertz CT molecular complexity index is 1570. The number of nitrogens with one attached hydrogen (secondary N) is 2. The summed E-state index contributed by atoms with van der Waals surface area (Å²) in [6, 6.07) is -1.41. The molecule has 13 nitrogen and oxygen atoms in total. The van der Waals surface area contributed by atoms with Crippen LogP contribution in [-0.4, -0.2) is 91.8 Å². The van der Waals surface area contributed by atoms with E-state index in [-0.39, 0.29) is 35.7 Å². The summed E-state index contributed by atoms with van der Waals surface area (Å²) in [7, 11) is 0. The van der Waals surface area contributed by atoms with Crippen LogP contribution in [-0.2, 0) is 47.5 Å². The first-order chi connectivity index (χ1) is 26.6. The smallest absolute Gasteiger partial charge is 0.315 e. The van der Waals surface area contributed by atoms with E-state index in [4.69, 9.17) is 33.2 Å². The van der Waals surface area contributed by atoms with Crippen LogP contribution in [0.5, 0.6) is 0 Å². The van der Waals surface area contributed by atoms with Crippen LogP contribution in [0.4, 0.5) is 4.79 Å². The van der Waals surface area contributed by atoms with Gasteiger partial charge in [0.25, 0.3) is 0 Å². The third-order valence-electron chi connectivity index (χ3n) is 15.6. The van der Waals surface area contributed by atoms with Crippen LogP contribution < -0.4 is 10.6 Å². The van der Waals surface area contributed by atoms with Gasteiger partial charge in [-0.1, -0.05) is 39.3 Å². The number of allylic oxidation sites excluding steroid dienone is 1. The molecule has 7 fully saturated rings. The van der Waals surface area contributed by atoms with E-state index in [0.29, 0.717) is 41.9 Å². The van der Waals surface area contributed by atoms with E-state index in [2.05, 4.69) is 44.4 Å². The van der Waals surface area contributed by atoms with Crippen molar-refractivity contribution in [2.24, 2.45) is 46.3 Å². The average molecular weight is 785 g/mol. The summed E-state index contributed by atoms with van der Waals surface area (Å²) in [4.78, 5) is 49.9. The van der Waals surface area contributed by atoms with Crippen molar-refractivity contribution >= 4 is 23.9 Å².